The molecule has 106 valence electrons. The van der Waals surface area contributed by atoms with E-state index in [0.717, 1.165) is 22.8 Å². The summed E-state index contributed by atoms with van der Waals surface area (Å²) in [6, 6.07) is 13.9. The second kappa shape index (κ2) is 5.40. The number of rotatable bonds is 3. The summed E-state index contributed by atoms with van der Waals surface area (Å²) in [6.07, 6.45) is 1.51. The number of nitrogens with two attached hydrogens (primary N) is 1. The van der Waals surface area contributed by atoms with Gasteiger partial charge in [0.1, 0.15) is 11.6 Å². The van der Waals surface area contributed by atoms with Gasteiger partial charge in [0.15, 0.2) is 0 Å². The highest BCUT2D eigenvalue weighted by molar-refractivity contribution is 5.95. The minimum atomic E-state index is -0.146. The molecule has 0 bridgehead atoms. The van der Waals surface area contributed by atoms with Crippen molar-refractivity contribution in [3.8, 4) is 11.4 Å². The molecule has 0 amide bonds. The number of nitrogens with one attached hydrogen (secondary N) is 1. The van der Waals surface area contributed by atoms with Crippen LogP contribution in [0.4, 0.5) is 5.82 Å². The van der Waals surface area contributed by atoms with E-state index in [4.69, 9.17) is 5.73 Å². The molecule has 3 rings (SSSR count). The predicted octanol–water partition coefficient (Wildman–Crippen LogP) is 3.12. The summed E-state index contributed by atoms with van der Waals surface area (Å²) >= 11 is 0. The van der Waals surface area contributed by atoms with Crippen molar-refractivity contribution in [1.29, 1.82) is 0 Å². The smallest absolute Gasteiger partial charge is 0.256 e. The quantitative estimate of drug-likeness (QED) is 0.773. The molecule has 0 radical (unpaired) electrons. The number of nitrogen functional groups attached to an aromatic ring is 1. The first-order valence-corrected chi connectivity index (χ1v) is 7.07. The minimum absolute atomic E-state index is 0.146. The van der Waals surface area contributed by atoms with Gasteiger partial charge in [0, 0.05) is 5.56 Å². The van der Waals surface area contributed by atoms with Crippen molar-refractivity contribution in [3.05, 3.63) is 58.4 Å². The van der Waals surface area contributed by atoms with Crippen LogP contribution in [-0.2, 0) is 6.42 Å². The Morgan fingerprint density at radius 3 is 2.67 bits per heavy atom. The molecule has 3 N–H and O–H groups in total. The molecule has 4 nitrogen and oxygen atoms in total. The average Bonchev–Trinajstić information content (AvgIpc) is 2.50. The van der Waals surface area contributed by atoms with Crippen molar-refractivity contribution in [2.75, 3.05) is 5.73 Å². The van der Waals surface area contributed by atoms with Gasteiger partial charge in [-0.1, -0.05) is 55.8 Å². The van der Waals surface area contributed by atoms with Gasteiger partial charge in [0.2, 0.25) is 0 Å². The molecule has 0 saturated carbocycles. The van der Waals surface area contributed by atoms with Gasteiger partial charge in [0.05, 0.1) is 5.56 Å². The highest BCUT2D eigenvalue weighted by Crippen LogP contribution is 2.26. The van der Waals surface area contributed by atoms with Crippen molar-refractivity contribution in [1.82, 2.24) is 9.97 Å². The number of hydrogen-bond acceptors (Lipinski definition) is 3. The fourth-order valence-electron chi connectivity index (χ4n) is 2.57. The van der Waals surface area contributed by atoms with E-state index >= 15 is 0 Å². The molecule has 1 heterocycles. The molecule has 3 aromatic rings. The van der Waals surface area contributed by atoms with Crippen LogP contribution in [0.3, 0.4) is 0 Å². The van der Waals surface area contributed by atoms with Gasteiger partial charge >= 0.3 is 0 Å². The van der Waals surface area contributed by atoms with Gasteiger partial charge < -0.3 is 10.7 Å². The van der Waals surface area contributed by atoms with Crippen molar-refractivity contribution in [3.63, 3.8) is 0 Å². The number of benzene rings is 2. The lowest BCUT2D eigenvalue weighted by Gasteiger charge is -2.08. The van der Waals surface area contributed by atoms with E-state index in [1.54, 1.807) is 0 Å². The number of H-pyrrole nitrogens is 1. The average molecular weight is 279 g/mol. The summed E-state index contributed by atoms with van der Waals surface area (Å²) in [5.74, 6) is 0.845. The largest absolute Gasteiger partial charge is 0.383 e. The molecule has 0 aliphatic heterocycles. The zero-order valence-electron chi connectivity index (χ0n) is 11.9. The van der Waals surface area contributed by atoms with Crippen LogP contribution in [0.25, 0.3) is 22.2 Å². The Kier molecular flexibility index (Phi) is 3.44. The Bertz CT molecular complexity index is 847. The number of anilines is 1. The van der Waals surface area contributed by atoms with E-state index in [1.165, 1.54) is 0 Å². The maximum absolute atomic E-state index is 12.2. The lowest BCUT2D eigenvalue weighted by atomic mass is 10.0. The molecule has 0 spiro atoms. The molecule has 21 heavy (non-hydrogen) atoms. The topological polar surface area (TPSA) is 71.8 Å². The van der Waals surface area contributed by atoms with Gasteiger partial charge in [-0.3, -0.25) is 4.79 Å². The Morgan fingerprint density at radius 1 is 1.14 bits per heavy atom. The minimum Gasteiger partial charge on any atom is -0.383 e. The first-order valence-electron chi connectivity index (χ1n) is 7.07. The predicted molar refractivity (Wildman–Crippen MR) is 86.2 cm³/mol. The lowest BCUT2D eigenvalue weighted by molar-refractivity contribution is 0.892. The van der Waals surface area contributed by atoms with Crippen molar-refractivity contribution in [2.45, 2.75) is 19.8 Å². The fourth-order valence-corrected chi connectivity index (χ4v) is 2.57. The summed E-state index contributed by atoms with van der Waals surface area (Å²) in [4.78, 5) is 19.4. The molecule has 0 unspecified atom stereocenters. The normalized spacial score (nSPS) is 10.9. The van der Waals surface area contributed by atoms with Crippen LogP contribution in [-0.4, -0.2) is 9.97 Å². The molecular formula is C17H17N3O. The second-order valence-electron chi connectivity index (χ2n) is 5.06. The molecule has 0 aliphatic carbocycles. The number of hydrogen-bond donors (Lipinski definition) is 2. The Labute approximate surface area is 122 Å². The molecule has 0 saturated heterocycles. The third-order valence-electron chi connectivity index (χ3n) is 3.59. The summed E-state index contributed by atoms with van der Waals surface area (Å²) in [5.41, 5.74) is 7.27. The van der Waals surface area contributed by atoms with Crippen molar-refractivity contribution in [2.24, 2.45) is 0 Å². The van der Waals surface area contributed by atoms with Crippen LogP contribution in [0, 0.1) is 0 Å². The van der Waals surface area contributed by atoms with E-state index in [-0.39, 0.29) is 5.56 Å². The first kappa shape index (κ1) is 13.4. The third kappa shape index (κ3) is 2.40. The van der Waals surface area contributed by atoms with Gasteiger partial charge in [-0.05, 0) is 17.2 Å². The van der Waals surface area contributed by atoms with Crippen LogP contribution in [0.5, 0.6) is 0 Å². The van der Waals surface area contributed by atoms with Crippen molar-refractivity contribution < 1.29 is 0 Å². The Balaban J connectivity index is 2.22. The third-order valence-corrected chi connectivity index (χ3v) is 3.59. The molecule has 0 fully saturated rings. The molecular weight excluding hydrogens is 262 g/mol. The Morgan fingerprint density at radius 2 is 1.90 bits per heavy atom. The van der Waals surface area contributed by atoms with Crippen molar-refractivity contribution >= 4 is 16.6 Å². The van der Waals surface area contributed by atoms with E-state index in [9.17, 15) is 4.79 Å². The van der Waals surface area contributed by atoms with Gasteiger partial charge in [0.25, 0.3) is 5.56 Å². The van der Waals surface area contributed by atoms with Crippen LogP contribution >= 0.6 is 0 Å². The second-order valence-corrected chi connectivity index (χ2v) is 5.06. The summed E-state index contributed by atoms with van der Waals surface area (Å²) < 4.78 is 0. The van der Waals surface area contributed by atoms with Crippen LogP contribution in [0.15, 0.2) is 47.3 Å². The van der Waals surface area contributed by atoms with Crippen LogP contribution in [0.1, 0.15) is 18.9 Å². The van der Waals surface area contributed by atoms with E-state index in [1.807, 2.05) is 49.4 Å². The molecule has 0 aliphatic rings. The van der Waals surface area contributed by atoms with Crippen LogP contribution in [0.2, 0.25) is 0 Å². The Hall–Kier alpha value is -2.62. The van der Waals surface area contributed by atoms with E-state index in [0.29, 0.717) is 23.6 Å². The molecule has 2 aromatic carbocycles. The maximum Gasteiger partial charge on any atom is 0.256 e. The van der Waals surface area contributed by atoms with Gasteiger partial charge in [-0.25, -0.2) is 4.98 Å². The van der Waals surface area contributed by atoms with E-state index < -0.39 is 0 Å². The standard InChI is InChI=1S/C17H17N3O/c1-2-6-14-15(18)19-16(20-17(14)21)13-10-5-8-11-7-3-4-9-12(11)13/h3-5,7-10H,2,6H2,1H3,(H3,18,19,20,21). The first-order chi connectivity index (χ1) is 10.2. The number of aromatic amines is 1. The number of fused-ring (bicyclic) bond motifs is 1. The number of aromatic nitrogens is 2. The molecule has 0 atom stereocenters. The summed E-state index contributed by atoms with van der Waals surface area (Å²) in [7, 11) is 0. The fraction of sp³-hybridized carbons (Fsp3) is 0.176. The lowest BCUT2D eigenvalue weighted by Crippen LogP contribution is -2.18. The monoisotopic (exact) mass is 279 g/mol. The molecule has 4 heteroatoms. The van der Waals surface area contributed by atoms with Crippen LogP contribution < -0.4 is 11.3 Å². The zero-order valence-corrected chi connectivity index (χ0v) is 11.9. The van der Waals surface area contributed by atoms with E-state index in [2.05, 4.69) is 9.97 Å². The number of nitrogens with zero attached hydrogens (tertiary/aromatic N) is 1. The molecule has 1 aromatic heterocycles. The summed E-state index contributed by atoms with van der Waals surface area (Å²) in [5, 5.41) is 2.15. The highest BCUT2D eigenvalue weighted by atomic mass is 16.1. The maximum atomic E-state index is 12.2. The van der Waals surface area contributed by atoms with Gasteiger partial charge in [-0.2, -0.15) is 0 Å². The summed E-state index contributed by atoms with van der Waals surface area (Å²) in [6.45, 7) is 2.01. The highest BCUT2D eigenvalue weighted by Gasteiger charge is 2.11. The SMILES string of the molecule is CCCc1c(N)nc(-c2cccc3ccccc23)[nH]c1=O. The zero-order chi connectivity index (χ0) is 14.8. The van der Waals surface area contributed by atoms with Gasteiger partial charge in [-0.15, -0.1) is 0 Å².